The van der Waals surface area contributed by atoms with Crippen molar-refractivity contribution >= 4 is 29.8 Å². The minimum atomic E-state index is -0.858. The Balaban J connectivity index is 0.00000312. The molecular weight excluding hydrogens is 338 g/mol. The molecule has 0 radical (unpaired) electrons. The van der Waals surface area contributed by atoms with Crippen molar-refractivity contribution in [1.82, 2.24) is 9.88 Å². The summed E-state index contributed by atoms with van der Waals surface area (Å²) in [4.78, 5) is 21.3. The molecule has 1 aliphatic rings. The maximum atomic E-state index is 12.2. The van der Waals surface area contributed by atoms with Crippen LogP contribution in [0.5, 0.6) is 0 Å². The summed E-state index contributed by atoms with van der Waals surface area (Å²) in [6.45, 7) is 5.85. The number of carbonyl (C=O) groups excluding carboxylic acids is 1. The number of anilines is 2. The minimum absolute atomic E-state index is 0. The molecule has 0 aliphatic carbocycles. The third-order valence-electron chi connectivity index (χ3n) is 4.84. The first kappa shape index (κ1) is 21.7. The van der Waals surface area contributed by atoms with E-state index in [-0.39, 0.29) is 18.3 Å². The van der Waals surface area contributed by atoms with Crippen LogP contribution in [0.1, 0.15) is 39.5 Å². The predicted octanol–water partition coefficient (Wildman–Crippen LogP) is 2.49. The van der Waals surface area contributed by atoms with E-state index in [0.29, 0.717) is 18.3 Å². The van der Waals surface area contributed by atoms with Gasteiger partial charge in [-0.15, -0.1) is 12.4 Å². The lowest BCUT2D eigenvalue weighted by Crippen LogP contribution is -2.48. The molecule has 142 valence electrons. The van der Waals surface area contributed by atoms with E-state index in [9.17, 15) is 4.79 Å². The number of carbonyl (C=O) groups is 1. The maximum Gasteiger partial charge on any atom is 0.245 e. The van der Waals surface area contributed by atoms with Crippen LogP contribution in [-0.2, 0) is 4.79 Å². The number of nitrogens with two attached hydrogens (primary N) is 1. The molecule has 1 aliphatic heterocycles. The van der Waals surface area contributed by atoms with Gasteiger partial charge in [-0.3, -0.25) is 4.79 Å². The van der Waals surface area contributed by atoms with Crippen molar-refractivity contribution in [2.45, 2.75) is 51.1 Å². The van der Waals surface area contributed by atoms with Crippen LogP contribution >= 0.6 is 12.4 Å². The average molecular weight is 370 g/mol. The highest BCUT2D eigenvalue weighted by molar-refractivity contribution is 5.96. The zero-order valence-electron chi connectivity index (χ0n) is 15.8. The maximum absolute atomic E-state index is 12.2. The third-order valence-corrected chi connectivity index (χ3v) is 4.84. The molecule has 0 bridgehead atoms. The van der Waals surface area contributed by atoms with Crippen LogP contribution in [0.25, 0.3) is 0 Å². The first-order chi connectivity index (χ1) is 11.3. The van der Waals surface area contributed by atoms with E-state index in [1.54, 1.807) is 6.92 Å². The highest BCUT2D eigenvalue weighted by Gasteiger charge is 2.27. The van der Waals surface area contributed by atoms with Gasteiger partial charge in [0.25, 0.3) is 0 Å². The van der Waals surface area contributed by atoms with Gasteiger partial charge in [0, 0.05) is 19.1 Å². The summed E-state index contributed by atoms with van der Waals surface area (Å²) >= 11 is 0. The van der Waals surface area contributed by atoms with E-state index >= 15 is 0 Å². The quantitative estimate of drug-likeness (QED) is 0.805. The molecule has 1 aromatic heterocycles. The molecule has 1 aromatic rings. The minimum Gasteiger partial charge on any atom is -0.370 e. The van der Waals surface area contributed by atoms with Crippen LogP contribution in [0.2, 0.25) is 0 Å². The Morgan fingerprint density at radius 1 is 1.40 bits per heavy atom. The fourth-order valence-electron chi connectivity index (χ4n) is 3.18. The van der Waals surface area contributed by atoms with Crippen LogP contribution in [0.3, 0.4) is 0 Å². The van der Waals surface area contributed by atoms with Crippen LogP contribution in [0, 0.1) is 0 Å². The molecule has 1 unspecified atom stereocenters. The summed E-state index contributed by atoms with van der Waals surface area (Å²) in [6.07, 6.45) is 5.68. The molecule has 0 spiro atoms. The molecule has 2 heterocycles. The van der Waals surface area contributed by atoms with Crippen molar-refractivity contribution in [1.29, 1.82) is 0 Å². The van der Waals surface area contributed by atoms with Crippen molar-refractivity contribution in [2.75, 3.05) is 37.4 Å². The van der Waals surface area contributed by atoms with Crippen molar-refractivity contribution < 1.29 is 4.79 Å². The van der Waals surface area contributed by atoms with E-state index in [1.807, 2.05) is 25.3 Å². The van der Waals surface area contributed by atoms with Crippen LogP contribution in [0.15, 0.2) is 18.3 Å². The largest absolute Gasteiger partial charge is 0.370 e. The first-order valence-electron chi connectivity index (χ1n) is 8.81. The normalized spacial score (nSPS) is 17.8. The summed E-state index contributed by atoms with van der Waals surface area (Å²) in [5, 5.41) is 2.82. The summed E-state index contributed by atoms with van der Waals surface area (Å²) in [7, 11) is 4.28. The van der Waals surface area contributed by atoms with Gasteiger partial charge in [0.1, 0.15) is 5.82 Å². The lowest BCUT2D eigenvalue weighted by molar-refractivity contribution is -0.120. The van der Waals surface area contributed by atoms with Gasteiger partial charge in [0.2, 0.25) is 5.91 Å². The fraction of sp³-hybridized carbons (Fsp3) is 0.667. The number of rotatable bonds is 6. The van der Waals surface area contributed by atoms with E-state index < -0.39 is 5.54 Å². The average Bonchev–Trinajstić information content (AvgIpc) is 2.55. The van der Waals surface area contributed by atoms with Crippen molar-refractivity contribution in [3.63, 3.8) is 0 Å². The van der Waals surface area contributed by atoms with Gasteiger partial charge in [-0.05, 0) is 52.4 Å². The Bertz CT molecular complexity index is 539. The lowest BCUT2D eigenvalue weighted by Gasteiger charge is -2.36. The van der Waals surface area contributed by atoms with Crippen LogP contribution in [-0.4, -0.2) is 54.6 Å². The number of halogens is 1. The second kappa shape index (κ2) is 9.36. The molecule has 1 saturated heterocycles. The second-order valence-corrected chi connectivity index (χ2v) is 7.21. The molecule has 3 N–H and O–H groups in total. The zero-order chi connectivity index (χ0) is 17.7. The van der Waals surface area contributed by atoms with Crippen molar-refractivity contribution in [3.05, 3.63) is 18.3 Å². The van der Waals surface area contributed by atoms with E-state index in [1.165, 1.54) is 0 Å². The summed E-state index contributed by atoms with van der Waals surface area (Å²) in [5.74, 6) is 0.371. The summed E-state index contributed by atoms with van der Waals surface area (Å²) in [6, 6.07) is 4.54. The molecule has 1 amide bonds. The topological polar surface area (TPSA) is 74.5 Å². The second-order valence-electron chi connectivity index (χ2n) is 7.21. The Morgan fingerprint density at radius 2 is 2.04 bits per heavy atom. The number of amides is 1. The molecule has 0 saturated carbocycles. The van der Waals surface area contributed by atoms with Crippen molar-refractivity contribution in [2.24, 2.45) is 5.73 Å². The van der Waals surface area contributed by atoms with Crippen molar-refractivity contribution in [3.8, 4) is 0 Å². The fourth-order valence-corrected chi connectivity index (χ4v) is 3.18. The summed E-state index contributed by atoms with van der Waals surface area (Å²) in [5.41, 5.74) is 6.30. The zero-order valence-corrected chi connectivity index (χ0v) is 16.6. The van der Waals surface area contributed by atoms with Gasteiger partial charge in [0.15, 0.2) is 0 Å². The Labute approximate surface area is 157 Å². The molecule has 0 aromatic carbocycles. The summed E-state index contributed by atoms with van der Waals surface area (Å²) < 4.78 is 0. The Hall–Kier alpha value is -1.37. The van der Waals surface area contributed by atoms with Gasteiger partial charge in [-0.25, -0.2) is 4.98 Å². The standard InChI is InChI=1S/C18H31N5O.ClH/c1-5-10-18(2,19)17(24)21-16-7-6-15(13-20-16)23-11-8-14(9-12-23)22(3)4;/h6-7,13-14H,5,8-12,19H2,1-4H3,(H,20,21,24);1H. The molecule has 6 nitrogen and oxygen atoms in total. The Kier molecular flexibility index (Phi) is 8.12. The number of nitrogens with zero attached hydrogens (tertiary/aromatic N) is 3. The van der Waals surface area contributed by atoms with E-state index in [0.717, 1.165) is 38.0 Å². The number of nitrogens with one attached hydrogen (secondary N) is 1. The van der Waals surface area contributed by atoms with Gasteiger partial charge in [-0.2, -0.15) is 0 Å². The SMILES string of the molecule is CCCC(C)(N)C(=O)Nc1ccc(N2CCC(N(C)C)CC2)cn1.Cl. The van der Waals surface area contributed by atoms with Gasteiger partial charge in [-0.1, -0.05) is 13.3 Å². The lowest BCUT2D eigenvalue weighted by atomic mass is 9.96. The smallest absolute Gasteiger partial charge is 0.245 e. The van der Waals surface area contributed by atoms with Gasteiger partial charge in [0.05, 0.1) is 17.4 Å². The van der Waals surface area contributed by atoms with E-state index in [4.69, 9.17) is 5.73 Å². The predicted molar refractivity (Wildman–Crippen MR) is 107 cm³/mol. The molecule has 25 heavy (non-hydrogen) atoms. The highest BCUT2D eigenvalue weighted by Crippen LogP contribution is 2.22. The van der Waals surface area contributed by atoms with E-state index in [2.05, 4.69) is 34.2 Å². The number of aromatic nitrogens is 1. The van der Waals surface area contributed by atoms with Crippen LogP contribution in [0.4, 0.5) is 11.5 Å². The molecule has 1 fully saturated rings. The third kappa shape index (κ3) is 5.83. The van der Waals surface area contributed by atoms with Crippen LogP contribution < -0.4 is 16.0 Å². The van der Waals surface area contributed by atoms with Gasteiger partial charge >= 0.3 is 0 Å². The molecule has 2 rings (SSSR count). The number of pyridine rings is 1. The number of hydrogen-bond donors (Lipinski definition) is 2. The number of piperidine rings is 1. The number of hydrogen-bond acceptors (Lipinski definition) is 5. The van der Waals surface area contributed by atoms with Gasteiger partial charge < -0.3 is 20.9 Å². The highest BCUT2D eigenvalue weighted by atomic mass is 35.5. The molecular formula is C18H32ClN5O. The monoisotopic (exact) mass is 369 g/mol. The molecule has 1 atom stereocenters. The Morgan fingerprint density at radius 3 is 2.52 bits per heavy atom. The molecule has 7 heteroatoms. The first-order valence-corrected chi connectivity index (χ1v) is 8.81.